The van der Waals surface area contributed by atoms with Gasteiger partial charge in [-0.1, -0.05) is 48.5 Å². The van der Waals surface area contributed by atoms with E-state index in [1.807, 2.05) is 24.3 Å². The Morgan fingerprint density at radius 2 is 1.72 bits per heavy atom. The molecule has 0 aromatic heterocycles. The number of carbonyl (C=O) groups excluding carboxylic acids is 2. The third-order valence-corrected chi connectivity index (χ3v) is 5.82. The molecule has 0 radical (unpaired) electrons. The van der Waals surface area contributed by atoms with Gasteiger partial charge in [-0.2, -0.15) is 0 Å². The van der Waals surface area contributed by atoms with Crippen LogP contribution in [0.3, 0.4) is 0 Å². The average molecular weight is 395 g/mol. The molecular formula is C22H21NO6. The Kier molecular flexibility index (Phi) is 4.49. The van der Waals surface area contributed by atoms with Crippen LogP contribution in [0.15, 0.2) is 48.5 Å². The Labute approximate surface area is 168 Å². The van der Waals surface area contributed by atoms with Crippen molar-refractivity contribution in [3.63, 3.8) is 0 Å². The summed E-state index contributed by atoms with van der Waals surface area (Å²) in [5, 5.41) is 0. The van der Waals surface area contributed by atoms with E-state index in [0.29, 0.717) is 0 Å². The molecule has 2 heterocycles. The van der Waals surface area contributed by atoms with Crippen molar-refractivity contribution in [3.05, 3.63) is 59.7 Å². The molecule has 2 aliphatic heterocycles. The van der Waals surface area contributed by atoms with Gasteiger partial charge in [0, 0.05) is 5.92 Å². The zero-order chi connectivity index (χ0) is 20.0. The number of hydrogen-bond acceptors (Lipinski definition) is 6. The van der Waals surface area contributed by atoms with Crippen molar-refractivity contribution in [2.45, 2.75) is 24.4 Å². The molecular weight excluding hydrogens is 374 g/mol. The van der Waals surface area contributed by atoms with Crippen LogP contribution in [0.1, 0.15) is 17.0 Å². The number of morpholine rings is 1. The molecule has 2 aromatic carbocycles. The molecule has 1 aliphatic carbocycles. The summed E-state index contributed by atoms with van der Waals surface area (Å²) in [5.74, 6) is -0.579. The second-order valence-electron chi connectivity index (χ2n) is 7.36. The predicted molar refractivity (Wildman–Crippen MR) is 102 cm³/mol. The monoisotopic (exact) mass is 395 g/mol. The highest BCUT2D eigenvalue weighted by Gasteiger charge is 2.49. The van der Waals surface area contributed by atoms with Crippen LogP contribution in [0.4, 0.5) is 4.79 Å². The Balaban J connectivity index is 1.36. The van der Waals surface area contributed by atoms with Gasteiger partial charge in [0.15, 0.2) is 12.3 Å². The number of fused-ring (bicyclic) bond motifs is 5. The van der Waals surface area contributed by atoms with Gasteiger partial charge in [-0.05, 0) is 22.3 Å². The lowest BCUT2D eigenvalue weighted by molar-refractivity contribution is -0.165. The summed E-state index contributed by atoms with van der Waals surface area (Å²) >= 11 is 0. The van der Waals surface area contributed by atoms with Crippen LogP contribution in [-0.2, 0) is 23.7 Å². The van der Waals surface area contributed by atoms with Crippen molar-refractivity contribution < 1.29 is 28.5 Å². The maximum absolute atomic E-state index is 12.9. The van der Waals surface area contributed by atoms with E-state index in [0.717, 1.165) is 22.3 Å². The molecule has 1 amide bonds. The summed E-state index contributed by atoms with van der Waals surface area (Å²) in [6.45, 7) is 0.568. The maximum Gasteiger partial charge on any atom is 0.410 e. The minimum Gasteiger partial charge on any atom is -0.467 e. The Hall–Kier alpha value is -2.90. The molecule has 7 heteroatoms. The second kappa shape index (κ2) is 7.17. The minimum absolute atomic E-state index is 0.0445. The van der Waals surface area contributed by atoms with Crippen LogP contribution in [0.5, 0.6) is 0 Å². The van der Waals surface area contributed by atoms with E-state index < -0.39 is 30.5 Å². The van der Waals surface area contributed by atoms with Crippen LogP contribution in [0.2, 0.25) is 0 Å². The molecule has 2 bridgehead atoms. The Morgan fingerprint density at radius 3 is 2.38 bits per heavy atom. The lowest BCUT2D eigenvalue weighted by atomic mass is 9.98. The van der Waals surface area contributed by atoms with Gasteiger partial charge in [-0.3, -0.25) is 4.90 Å². The Morgan fingerprint density at radius 1 is 1.07 bits per heavy atom. The molecule has 5 rings (SSSR count). The molecule has 150 valence electrons. The summed E-state index contributed by atoms with van der Waals surface area (Å²) in [6.07, 6.45) is -1.64. The lowest BCUT2D eigenvalue weighted by Gasteiger charge is -2.36. The standard InChI is InChI=1S/C22H21NO6/c1-26-21(24)20-18-12-27-19(29-18)10-23(20)22(25)28-11-17-15-8-4-2-6-13(15)14-7-3-5-9-16(14)17/h2-9,17-20H,10-12H2,1H3/t18-,19-,20+/m0/s1. The molecule has 7 nitrogen and oxygen atoms in total. The number of methoxy groups -OCH3 is 1. The largest absolute Gasteiger partial charge is 0.467 e. The van der Waals surface area contributed by atoms with Crippen molar-refractivity contribution >= 4 is 12.1 Å². The molecule has 0 unspecified atom stereocenters. The predicted octanol–water partition coefficient (Wildman–Crippen LogP) is 2.53. The fourth-order valence-corrected chi connectivity index (χ4v) is 4.48. The SMILES string of the molecule is COC(=O)[C@H]1[C@@H]2CO[C@H](CN1C(=O)OCC1c3ccccc3-c3ccccc31)O2. The van der Waals surface area contributed by atoms with Gasteiger partial charge in [-0.15, -0.1) is 0 Å². The first-order valence-electron chi connectivity index (χ1n) is 9.64. The highest BCUT2D eigenvalue weighted by Crippen LogP contribution is 2.44. The normalized spacial score (nSPS) is 24.7. The minimum atomic E-state index is -0.866. The van der Waals surface area contributed by atoms with Gasteiger partial charge >= 0.3 is 12.1 Å². The summed E-state index contributed by atoms with van der Waals surface area (Å²) in [4.78, 5) is 26.5. The first-order valence-corrected chi connectivity index (χ1v) is 9.64. The third-order valence-electron chi connectivity index (χ3n) is 5.82. The fraction of sp³-hybridized carbons (Fsp3) is 0.364. The van der Waals surface area contributed by atoms with Crippen molar-refractivity contribution in [2.24, 2.45) is 0 Å². The second-order valence-corrected chi connectivity index (χ2v) is 7.36. The first kappa shape index (κ1) is 18.1. The summed E-state index contributed by atoms with van der Waals surface area (Å²) in [7, 11) is 1.29. The zero-order valence-electron chi connectivity index (χ0n) is 15.9. The number of amides is 1. The van der Waals surface area contributed by atoms with Crippen molar-refractivity contribution in [2.75, 3.05) is 26.9 Å². The first-order chi connectivity index (χ1) is 14.2. The number of ether oxygens (including phenoxy) is 4. The van der Waals surface area contributed by atoms with Crippen molar-refractivity contribution in [3.8, 4) is 11.1 Å². The average Bonchev–Trinajstić information content (AvgIpc) is 3.29. The van der Waals surface area contributed by atoms with Crippen LogP contribution in [0, 0.1) is 0 Å². The number of esters is 1. The highest BCUT2D eigenvalue weighted by molar-refractivity contribution is 5.83. The van der Waals surface area contributed by atoms with E-state index in [9.17, 15) is 9.59 Å². The summed E-state index contributed by atoms with van der Waals surface area (Å²) in [6, 6.07) is 15.4. The molecule has 2 fully saturated rings. The maximum atomic E-state index is 12.9. The van der Waals surface area contributed by atoms with Gasteiger partial charge in [0.05, 0.1) is 20.3 Å². The highest BCUT2D eigenvalue weighted by atomic mass is 16.7. The molecule has 29 heavy (non-hydrogen) atoms. The fourth-order valence-electron chi connectivity index (χ4n) is 4.48. The van der Waals surface area contributed by atoms with E-state index in [1.165, 1.54) is 12.0 Å². The van der Waals surface area contributed by atoms with Crippen LogP contribution >= 0.6 is 0 Å². The molecule has 0 spiro atoms. The van der Waals surface area contributed by atoms with E-state index in [-0.39, 0.29) is 25.7 Å². The van der Waals surface area contributed by atoms with Gasteiger partial charge < -0.3 is 18.9 Å². The summed E-state index contributed by atoms with van der Waals surface area (Å²) in [5.41, 5.74) is 4.59. The number of benzene rings is 2. The van der Waals surface area contributed by atoms with Crippen LogP contribution in [-0.4, -0.2) is 62.3 Å². The lowest BCUT2D eigenvalue weighted by Crippen LogP contribution is -2.58. The summed E-state index contributed by atoms with van der Waals surface area (Å²) < 4.78 is 21.6. The molecule has 2 saturated heterocycles. The van der Waals surface area contributed by atoms with Gasteiger partial charge in [0.2, 0.25) is 0 Å². The van der Waals surface area contributed by atoms with Crippen LogP contribution in [0.25, 0.3) is 11.1 Å². The smallest absolute Gasteiger partial charge is 0.410 e. The van der Waals surface area contributed by atoms with Crippen molar-refractivity contribution in [1.29, 1.82) is 0 Å². The van der Waals surface area contributed by atoms with E-state index in [4.69, 9.17) is 18.9 Å². The molecule has 0 saturated carbocycles. The third kappa shape index (κ3) is 2.97. The molecule has 0 N–H and O–H groups in total. The number of carbonyl (C=O) groups is 2. The number of rotatable bonds is 3. The quantitative estimate of drug-likeness (QED) is 0.744. The van der Waals surface area contributed by atoms with Gasteiger partial charge in [0.25, 0.3) is 0 Å². The van der Waals surface area contributed by atoms with Crippen LogP contribution < -0.4 is 0 Å². The van der Waals surface area contributed by atoms with E-state index >= 15 is 0 Å². The number of nitrogens with zero attached hydrogens (tertiary/aromatic N) is 1. The molecule has 3 atom stereocenters. The van der Waals surface area contributed by atoms with E-state index in [2.05, 4.69) is 24.3 Å². The van der Waals surface area contributed by atoms with Gasteiger partial charge in [0.1, 0.15) is 12.7 Å². The molecule has 3 aliphatic rings. The van der Waals surface area contributed by atoms with Crippen molar-refractivity contribution in [1.82, 2.24) is 4.90 Å². The number of hydrogen-bond donors (Lipinski definition) is 0. The topological polar surface area (TPSA) is 74.3 Å². The van der Waals surface area contributed by atoms with E-state index in [1.54, 1.807) is 0 Å². The van der Waals surface area contributed by atoms with Gasteiger partial charge in [-0.25, -0.2) is 9.59 Å². The Bertz CT molecular complexity index is 914. The zero-order valence-corrected chi connectivity index (χ0v) is 15.9. The molecule has 2 aromatic rings.